The van der Waals surface area contributed by atoms with Crippen LogP contribution in [0.3, 0.4) is 0 Å². The van der Waals surface area contributed by atoms with Crippen LogP contribution in [0.2, 0.25) is 0 Å². The van der Waals surface area contributed by atoms with Crippen molar-refractivity contribution in [1.29, 1.82) is 0 Å². The van der Waals surface area contributed by atoms with E-state index in [0.717, 1.165) is 6.07 Å². The predicted molar refractivity (Wildman–Crippen MR) is 116 cm³/mol. The first kappa shape index (κ1) is 22.8. The molecule has 2 aromatic rings. The lowest BCUT2D eigenvalue weighted by Crippen LogP contribution is -2.55. The highest BCUT2D eigenvalue weighted by Gasteiger charge is 2.50. The molecule has 1 amide bonds. The summed E-state index contributed by atoms with van der Waals surface area (Å²) in [7, 11) is 0. The van der Waals surface area contributed by atoms with Gasteiger partial charge < -0.3 is 4.90 Å². The number of benzene rings is 2. The highest BCUT2D eigenvalue weighted by atomic mass is 16.6. The van der Waals surface area contributed by atoms with Crippen LogP contribution in [0.15, 0.2) is 36.4 Å². The Morgan fingerprint density at radius 2 is 1.47 bits per heavy atom. The number of hydrogen-bond acceptors (Lipinski definition) is 7. The molecular weight excluding hydrogens is 420 g/mol. The van der Waals surface area contributed by atoms with Gasteiger partial charge >= 0.3 is 0 Å². The van der Waals surface area contributed by atoms with Gasteiger partial charge in [-0.3, -0.25) is 35.1 Å². The zero-order valence-corrected chi connectivity index (χ0v) is 18.0. The molecule has 1 aliphatic heterocycles. The van der Waals surface area contributed by atoms with Crippen LogP contribution >= 0.6 is 0 Å². The summed E-state index contributed by atoms with van der Waals surface area (Å²) in [5, 5.41) is 34.5. The highest BCUT2D eigenvalue weighted by Crippen LogP contribution is 2.53. The molecule has 168 valence electrons. The molecule has 0 aliphatic carbocycles. The van der Waals surface area contributed by atoms with Gasteiger partial charge in [-0.2, -0.15) is 0 Å². The Balaban J connectivity index is 2.39. The van der Waals surface area contributed by atoms with Crippen molar-refractivity contribution in [2.75, 3.05) is 4.90 Å². The minimum atomic E-state index is -1.13. The molecule has 0 saturated heterocycles. The molecule has 0 spiro atoms. The average Bonchev–Trinajstić information content (AvgIpc) is 2.71. The fraction of sp³-hybridized carbons (Fsp3) is 0.381. The van der Waals surface area contributed by atoms with Crippen LogP contribution in [-0.2, 0) is 10.2 Å². The fourth-order valence-electron chi connectivity index (χ4n) is 4.76. The van der Waals surface area contributed by atoms with E-state index in [1.54, 1.807) is 18.7 Å². The third-order valence-corrected chi connectivity index (χ3v) is 5.95. The molecule has 1 atom stereocenters. The summed E-state index contributed by atoms with van der Waals surface area (Å²) in [6.45, 7) is 7.05. The number of fused-ring (bicyclic) bond motifs is 1. The molecular formula is C21H22N4O7. The second-order valence-corrected chi connectivity index (χ2v) is 8.58. The molecule has 2 aromatic carbocycles. The van der Waals surface area contributed by atoms with Crippen LogP contribution < -0.4 is 4.90 Å². The summed E-state index contributed by atoms with van der Waals surface area (Å²) in [4.78, 5) is 46.9. The SMILES string of the molecule is CCC(=O)N1c2ccc([N+](=O)[O-])cc2C(C)(c2ccc([N+](=O)[O-])cc2[N+](=O)[O-])CC1(C)C. The van der Waals surface area contributed by atoms with Crippen LogP contribution in [0.5, 0.6) is 0 Å². The standard InChI is InChI=1S/C21H22N4O7/c1-5-19(26)22-17-9-7-13(23(27)28)10-16(17)21(4,12-20(22,2)3)15-8-6-14(24(29)30)11-18(15)25(31)32/h6-11H,5,12H2,1-4H3. The van der Waals surface area contributed by atoms with Crippen molar-refractivity contribution in [3.05, 3.63) is 77.9 Å². The summed E-state index contributed by atoms with van der Waals surface area (Å²) in [5.74, 6) is -0.189. The van der Waals surface area contributed by atoms with Gasteiger partial charge in [0.05, 0.1) is 20.8 Å². The Bertz CT molecular complexity index is 1160. The first-order chi connectivity index (χ1) is 14.8. The number of anilines is 1. The van der Waals surface area contributed by atoms with E-state index in [0.29, 0.717) is 11.3 Å². The molecule has 1 aliphatic rings. The number of hydrogen-bond donors (Lipinski definition) is 0. The van der Waals surface area contributed by atoms with E-state index in [4.69, 9.17) is 0 Å². The van der Waals surface area contributed by atoms with Gasteiger partial charge in [-0.05, 0) is 38.0 Å². The van der Waals surface area contributed by atoms with Gasteiger partial charge in [0, 0.05) is 46.8 Å². The van der Waals surface area contributed by atoms with E-state index in [9.17, 15) is 35.1 Å². The number of nitro groups is 3. The van der Waals surface area contributed by atoms with Crippen molar-refractivity contribution >= 4 is 28.7 Å². The monoisotopic (exact) mass is 442 g/mol. The Labute approximate surface area is 183 Å². The number of carbonyl (C=O) groups is 1. The van der Waals surface area contributed by atoms with E-state index < -0.39 is 37.1 Å². The molecule has 0 radical (unpaired) electrons. The maximum atomic E-state index is 12.8. The van der Waals surface area contributed by atoms with Gasteiger partial charge in [-0.15, -0.1) is 0 Å². The molecule has 11 nitrogen and oxygen atoms in total. The Kier molecular flexibility index (Phi) is 5.46. The Hall–Kier alpha value is -3.89. The number of rotatable bonds is 5. The largest absolute Gasteiger partial charge is 0.307 e. The number of amides is 1. The van der Waals surface area contributed by atoms with E-state index in [2.05, 4.69) is 0 Å². The smallest absolute Gasteiger partial charge is 0.280 e. The molecule has 0 N–H and O–H groups in total. The molecule has 0 fully saturated rings. The second-order valence-electron chi connectivity index (χ2n) is 8.58. The molecule has 11 heteroatoms. The van der Waals surface area contributed by atoms with Gasteiger partial charge in [-0.25, -0.2) is 0 Å². The van der Waals surface area contributed by atoms with Crippen molar-refractivity contribution in [3.63, 3.8) is 0 Å². The molecule has 32 heavy (non-hydrogen) atoms. The van der Waals surface area contributed by atoms with Crippen LogP contribution in [0.4, 0.5) is 22.7 Å². The van der Waals surface area contributed by atoms with Crippen molar-refractivity contribution < 1.29 is 19.6 Å². The van der Waals surface area contributed by atoms with Gasteiger partial charge in [0.15, 0.2) is 0 Å². The van der Waals surface area contributed by atoms with Crippen LogP contribution in [0, 0.1) is 30.3 Å². The lowest BCUT2D eigenvalue weighted by molar-refractivity contribution is -0.394. The van der Waals surface area contributed by atoms with Gasteiger partial charge in [-0.1, -0.05) is 13.8 Å². The molecule has 3 rings (SSSR count). The molecule has 0 aromatic heterocycles. The topological polar surface area (TPSA) is 150 Å². The normalized spacial score (nSPS) is 19.2. The summed E-state index contributed by atoms with van der Waals surface area (Å²) in [6.07, 6.45) is 0.410. The number of nitrogens with zero attached hydrogens (tertiary/aromatic N) is 4. The van der Waals surface area contributed by atoms with Crippen molar-refractivity contribution in [1.82, 2.24) is 0 Å². The van der Waals surface area contributed by atoms with E-state index in [1.165, 1.54) is 30.3 Å². The summed E-state index contributed by atoms with van der Waals surface area (Å²) in [5.41, 5.74) is -2.03. The van der Waals surface area contributed by atoms with E-state index >= 15 is 0 Å². The molecule has 1 heterocycles. The highest BCUT2D eigenvalue weighted by molar-refractivity contribution is 5.97. The first-order valence-corrected chi connectivity index (χ1v) is 9.89. The Morgan fingerprint density at radius 1 is 0.906 bits per heavy atom. The zero-order valence-electron chi connectivity index (χ0n) is 18.0. The quantitative estimate of drug-likeness (QED) is 0.483. The number of nitro benzene ring substituents is 3. The van der Waals surface area contributed by atoms with Crippen LogP contribution in [-0.4, -0.2) is 26.2 Å². The maximum absolute atomic E-state index is 12.8. The lowest BCUT2D eigenvalue weighted by Gasteiger charge is -2.51. The molecule has 0 saturated carbocycles. The van der Waals surface area contributed by atoms with E-state index in [-0.39, 0.29) is 30.0 Å². The minimum Gasteiger partial charge on any atom is -0.307 e. The lowest BCUT2D eigenvalue weighted by atomic mass is 9.64. The van der Waals surface area contributed by atoms with Crippen molar-refractivity contribution in [3.8, 4) is 0 Å². The average molecular weight is 442 g/mol. The maximum Gasteiger partial charge on any atom is 0.280 e. The third kappa shape index (κ3) is 3.55. The van der Waals surface area contributed by atoms with Crippen LogP contribution in [0.1, 0.15) is 51.7 Å². The van der Waals surface area contributed by atoms with Gasteiger partial charge in [0.1, 0.15) is 0 Å². The van der Waals surface area contributed by atoms with Crippen molar-refractivity contribution in [2.45, 2.75) is 51.5 Å². The third-order valence-electron chi connectivity index (χ3n) is 5.95. The predicted octanol–water partition coefficient (Wildman–Crippen LogP) is 4.64. The fourth-order valence-corrected chi connectivity index (χ4v) is 4.76. The Morgan fingerprint density at radius 3 is 2.00 bits per heavy atom. The first-order valence-electron chi connectivity index (χ1n) is 9.89. The van der Waals surface area contributed by atoms with Crippen LogP contribution in [0.25, 0.3) is 0 Å². The van der Waals surface area contributed by atoms with Gasteiger partial charge in [0.25, 0.3) is 17.1 Å². The molecule has 0 bridgehead atoms. The number of carbonyl (C=O) groups excluding carboxylic acids is 1. The second kappa shape index (κ2) is 7.66. The summed E-state index contributed by atoms with van der Waals surface area (Å²) < 4.78 is 0. The summed E-state index contributed by atoms with van der Waals surface area (Å²) in [6, 6.07) is 7.51. The van der Waals surface area contributed by atoms with E-state index in [1.807, 2.05) is 13.8 Å². The zero-order chi connectivity index (χ0) is 24.0. The minimum absolute atomic E-state index is 0.187. The van der Waals surface area contributed by atoms with Gasteiger partial charge in [0.2, 0.25) is 5.91 Å². The molecule has 1 unspecified atom stereocenters. The summed E-state index contributed by atoms with van der Waals surface area (Å²) >= 11 is 0. The van der Waals surface area contributed by atoms with Crippen molar-refractivity contribution in [2.24, 2.45) is 0 Å². The number of non-ortho nitro benzene ring substituents is 2.